The van der Waals surface area contributed by atoms with Crippen molar-refractivity contribution in [2.24, 2.45) is 0 Å². The molecule has 0 unspecified atom stereocenters. The van der Waals surface area contributed by atoms with Crippen LogP contribution >= 0.6 is 0 Å². The molecule has 0 spiro atoms. The first-order valence-corrected chi connectivity index (χ1v) is 6.17. The van der Waals surface area contributed by atoms with Gasteiger partial charge in [-0.05, 0) is 32.4 Å². The van der Waals surface area contributed by atoms with Crippen LogP contribution in [0.2, 0.25) is 0 Å². The molecule has 6 nitrogen and oxygen atoms in total. The lowest BCUT2D eigenvalue weighted by Gasteiger charge is -2.05. The molecule has 0 bridgehead atoms. The van der Waals surface area contributed by atoms with E-state index in [1.54, 1.807) is 20.8 Å². The Bertz CT molecular complexity index is 651. The highest BCUT2D eigenvalue weighted by molar-refractivity contribution is 6.24. The molecule has 20 heavy (non-hydrogen) atoms. The molecule has 0 aliphatic carbocycles. The number of hydrogen-bond acceptors (Lipinski definition) is 5. The predicted molar refractivity (Wildman–Crippen MR) is 70.5 cm³/mol. The maximum atomic E-state index is 12.2. The highest BCUT2D eigenvalue weighted by Crippen LogP contribution is 2.30. The summed E-state index contributed by atoms with van der Waals surface area (Å²) in [5, 5.41) is 0. The second-order valence-electron chi connectivity index (χ2n) is 4.38. The summed E-state index contributed by atoms with van der Waals surface area (Å²) < 4.78 is 10.9. The molecule has 1 aromatic rings. The first-order valence-electron chi connectivity index (χ1n) is 6.17. The summed E-state index contributed by atoms with van der Waals surface area (Å²) in [5.74, 6) is -1.64. The van der Waals surface area contributed by atoms with Gasteiger partial charge in [-0.15, -0.1) is 0 Å². The number of fused-ring (bicyclic) bond motifs is 1. The number of rotatable bonds is 3. The normalized spacial score (nSPS) is 13.0. The molecule has 1 aliphatic rings. The largest absolute Gasteiger partial charge is 0.465 e. The van der Waals surface area contributed by atoms with Gasteiger partial charge in [-0.2, -0.15) is 0 Å². The molecular formula is C14H15NO5. The van der Waals surface area contributed by atoms with Crippen LogP contribution in [0.3, 0.4) is 0 Å². The van der Waals surface area contributed by atoms with Crippen molar-refractivity contribution in [2.45, 2.75) is 20.8 Å². The maximum Gasteiger partial charge on any atom is 0.343 e. The number of ether oxygens (including phenoxy) is 2. The van der Waals surface area contributed by atoms with Crippen LogP contribution in [0.1, 0.15) is 39.0 Å². The van der Waals surface area contributed by atoms with Crippen LogP contribution < -0.4 is 0 Å². The smallest absolute Gasteiger partial charge is 0.343 e. The van der Waals surface area contributed by atoms with E-state index in [-0.39, 0.29) is 12.2 Å². The molecule has 106 valence electrons. The molecule has 2 heterocycles. The van der Waals surface area contributed by atoms with Crippen molar-refractivity contribution in [3.63, 3.8) is 0 Å². The molecule has 0 saturated heterocycles. The molecule has 0 amide bonds. The summed E-state index contributed by atoms with van der Waals surface area (Å²) in [7, 11) is 1.22. The highest BCUT2D eigenvalue weighted by Gasteiger charge is 2.34. The Morgan fingerprint density at radius 3 is 2.40 bits per heavy atom. The Hall–Kier alpha value is -2.37. The number of esters is 2. The number of hydrogen-bond donors (Lipinski definition) is 0. The fourth-order valence-electron chi connectivity index (χ4n) is 2.37. The molecule has 0 N–H and O–H groups in total. The fourth-order valence-corrected chi connectivity index (χ4v) is 2.37. The van der Waals surface area contributed by atoms with Crippen LogP contribution in [0.4, 0.5) is 0 Å². The van der Waals surface area contributed by atoms with E-state index in [1.807, 2.05) is 0 Å². The van der Waals surface area contributed by atoms with Gasteiger partial charge in [0.25, 0.3) is 5.91 Å². The van der Waals surface area contributed by atoms with Crippen molar-refractivity contribution in [3.8, 4) is 0 Å². The lowest BCUT2D eigenvalue weighted by atomic mass is 10.1. The molecule has 1 aliphatic heterocycles. The van der Waals surface area contributed by atoms with Gasteiger partial charge < -0.3 is 9.47 Å². The van der Waals surface area contributed by atoms with E-state index in [0.29, 0.717) is 22.5 Å². The zero-order valence-electron chi connectivity index (χ0n) is 11.8. The van der Waals surface area contributed by atoms with E-state index in [0.717, 1.165) is 0 Å². The Kier molecular flexibility index (Phi) is 3.48. The van der Waals surface area contributed by atoms with Gasteiger partial charge in [-0.25, -0.2) is 9.59 Å². The molecule has 0 saturated carbocycles. The molecule has 1 aromatic heterocycles. The van der Waals surface area contributed by atoms with E-state index >= 15 is 0 Å². The fraction of sp³-hybridized carbons (Fsp3) is 0.357. The van der Waals surface area contributed by atoms with E-state index in [9.17, 15) is 14.4 Å². The minimum absolute atomic E-state index is 0.0379. The minimum Gasteiger partial charge on any atom is -0.465 e. The summed E-state index contributed by atoms with van der Waals surface area (Å²) in [6.07, 6.45) is 1.44. The lowest BCUT2D eigenvalue weighted by molar-refractivity contribution is -0.135. The highest BCUT2D eigenvalue weighted by atomic mass is 16.5. The van der Waals surface area contributed by atoms with E-state index in [2.05, 4.69) is 4.74 Å². The average Bonchev–Trinajstić information content (AvgIpc) is 2.87. The summed E-state index contributed by atoms with van der Waals surface area (Å²) in [6.45, 7) is 5.34. The van der Waals surface area contributed by atoms with Gasteiger partial charge in [-0.3, -0.25) is 9.36 Å². The molecule has 6 heteroatoms. The van der Waals surface area contributed by atoms with Gasteiger partial charge in [0.2, 0.25) is 0 Å². The first-order chi connectivity index (χ1) is 9.43. The van der Waals surface area contributed by atoms with Crippen molar-refractivity contribution in [1.29, 1.82) is 0 Å². The van der Waals surface area contributed by atoms with Crippen molar-refractivity contribution >= 4 is 23.9 Å². The van der Waals surface area contributed by atoms with Crippen LogP contribution in [0.25, 0.3) is 6.08 Å². The van der Waals surface area contributed by atoms with Crippen LogP contribution in [0.5, 0.6) is 0 Å². The van der Waals surface area contributed by atoms with E-state index in [1.165, 1.54) is 17.8 Å². The maximum absolute atomic E-state index is 12.2. The van der Waals surface area contributed by atoms with Gasteiger partial charge in [0.05, 0.1) is 25.0 Å². The number of nitrogens with zero attached hydrogens (tertiary/aromatic N) is 1. The molecule has 0 fully saturated rings. The van der Waals surface area contributed by atoms with Crippen LogP contribution in [-0.2, 0) is 14.3 Å². The Morgan fingerprint density at radius 1 is 1.25 bits per heavy atom. The lowest BCUT2D eigenvalue weighted by Crippen LogP contribution is -2.18. The third kappa shape index (κ3) is 1.84. The van der Waals surface area contributed by atoms with Crippen molar-refractivity contribution in [1.82, 2.24) is 4.57 Å². The van der Waals surface area contributed by atoms with Crippen LogP contribution in [-0.4, -0.2) is 36.1 Å². The summed E-state index contributed by atoms with van der Waals surface area (Å²) in [6, 6.07) is 0. The number of methoxy groups -OCH3 is 1. The minimum atomic E-state index is -0.685. The van der Waals surface area contributed by atoms with Crippen molar-refractivity contribution < 1.29 is 23.9 Å². The van der Waals surface area contributed by atoms with Crippen molar-refractivity contribution in [2.75, 3.05) is 13.7 Å². The molecule has 2 rings (SSSR count). The number of aromatic nitrogens is 1. The topological polar surface area (TPSA) is 74.6 Å². The molecular weight excluding hydrogens is 262 g/mol. The number of carbonyl (C=O) groups is 3. The van der Waals surface area contributed by atoms with Gasteiger partial charge in [-0.1, -0.05) is 0 Å². The second kappa shape index (κ2) is 4.96. The average molecular weight is 277 g/mol. The Morgan fingerprint density at radius 2 is 1.90 bits per heavy atom. The van der Waals surface area contributed by atoms with Gasteiger partial charge in [0.1, 0.15) is 5.57 Å². The predicted octanol–water partition coefficient (Wildman–Crippen LogP) is 1.49. The molecule has 0 radical (unpaired) electrons. The zero-order chi connectivity index (χ0) is 15.0. The monoisotopic (exact) mass is 277 g/mol. The molecule has 0 atom stereocenters. The Balaban J connectivity index is 2.55. The van der Waals surface area contributed by atoms with E-state index in [4.69, 9.17) is 4.74 Å². The standard InChI is InChI=1S/C14H15NO5/c1-5-20-14(18)11-7(2)10-6-9(13(17)19-4)12(16)15(10)8(11)3/h6H,5H2,1-4H3. The van der Waals surface area contributed by atoms with Crippen LogP contribution in [0.15, 0.2) is 5.57 Å². The molecule has 0 aromatic carbocycles. The summed E-state index contributed by atoms with van der Waals surface area (Å²) in [4.78, 5) is 35.6. The van der Waals surface area contributed by atoms with E-state index < -0.39 is 17.8 Å². The number of carbonyl (C=O) groups excluding carboxylic acids is 3. The van der Waals surface area contributed by atoms with Crippen molar-refractivity contribution in [3.05, 3.63) is 28.1 Å². The van der Waals surface area contributed by atoms with Gasteiger partial charge >= 0.3 is 11.9 Å². The quantitative estimate of drug-likeness (QED) is 0.618. The third-order valence-corrected chi connectivity index (χ3v) is 3.30. The first kappa shape index (κ1) is 14.0. The Labute approximate surface area is 116 Å². The SMILES string of the molecule is CCOC(=O)c1c(C)c2n(c1C)C(=O)C(C(=O)OC)=C2. The summed E-state index contributed by atoms with van der Waals surface area (Å²) >= 11 is 0. The second-order valence-corrected chi connectivity index (χ2v) is 4.38. The van der Waals surface area contributed by atoms with Crippen LogP contribution in [0, 0.1) is 13.8 Å². The van der Waals surface area contributed by atoms with Gasteiger partial charge in [0.15, 0.2) is 0 Å². The third-order valence-electron chi connectivity index (χ3n) is 3.30. The van der Waals surface area contributed by atoms with Gasteiger partial charge in [0, 0.05) is 5.69 Å². The summed E-state index contributed by atoms with van der Waals surface area (Å²) in [5.41, 5.74) is 1.94. The zero-order valence-corrected chi connectivity index (χ0v) is 11.8.